The van der Waals surface area contributed by atoms with Gasteiger partial charge >= 0.3 is 0 Å². The summed E-state index contributed by atoms with van der Waals surface area (Å²) in [4.78, 5) is 8.82. The molecule has 6 heteroatoms. The molecule has 0 spiro atoms. The van der Waals surface area contributed by atoms with Crippen molar-refractivity contribution < 1.29 is 8.94 Å². The van der Waals surface area contributed by atoms with E-state index in [2.05, 4.69) is 42.8 Å². The van der Waals surface area contributed by atoms with Gasteiger partial charge in [0.05, 0.1) is 17.2 Å². The van der Waals surface area contributed by atoms with Gasteiger partial charge in [0, 0.05) is 11.3 Å². The van der Waals surface area contributed by atoms with Crippen LogP contribution in [0.5, 0.6) is 0 Å². The Balaban J connectivity index is 1.57. The minimum absolute atomic E-state index is 0.0126. The predicted octanol–water partition coefficient (Wildman–Crippen LogP) is 4.23. The van der Waals surface area contributed by atoms with Gasteiger partial charge < -0.3 is 8.94 Å². The summed E-state index contributed by atoms with van der Waals surface area (Å²) in [5.74, 6) is 4.45. The van der Waals surface area contributed by atoms with Gasteiger partial charge in [-0.05, 0) is 19.8 Å². The Labute approximate surface area is 128 Å². The molecule has 0 N–H and O–H groups in total. The molecule has 1 saturated carbocycles. The van der Waals surface area contributed by atoms with E-state index in [9.17, 15) is 0 Å². The first-order valence-corrected chi connectivity index (χ1v) is 8.38. The molecule has 21 heavy (non-hydrogen) atoms. The molecule has 0 aromatic carbocycles. The van der Waals surface area contributed by atoms with Gasteiger partial charge in [-0.25, -0.2) is 4.98 Å². The maximum Gasteiger partial charge on any atom is 0.236 e. The van der Waals surface area contributed by atoms with Crippen LogP contribution < -0.4 is 0 Å². The van der Waals surface area contributed by atoms with E-state index < -0.39 is 0 Å². The number of nitrogens with zero attached hydrogens (tertiary/aromatic N) is 3. The van der Waals surface area contributed by atoms with Crippen LogP contribution in [0.1, 0.15) is 75.1 Å². The summed E-state index contributed by atoms with van der Waals surface area (Å²) in [6, 6.07) is 0. The van der Waals surface area contributed by atoms with Gasteiger partial charge in [0.15, 0.2) is 5.82 Å². The van der Waals surface area contributed by atoms with Gasteiger partial charge in [-0.1, -0.05) is 25.9 Å². The number of rotatable bonds is 5. The third-order valence-electron chi connectivity index (χ3n) is 3.49. The molecule has 1 atom stereocenters. The molecule has 0 aliphatic heterocycles. The maximum atomic E-state index is 5.85. The third-order valence-corrected chi connectivity index (χ3v) is 4.61. The van der Waals surface area contributed by atoms with Crippen LogP contribution >= 0.6 is 11.8 Å². The molecular weight excluding hydrogens is 286 g/mol. The first-order chi connectivity index (χ1) is 9.93. The van der Waals surface area contributed by atoms with Crippen LogP contribution in [0.25, 0.3) is 0 Å². The summed E-state index contributed by atoms with van der Waals surface area (Å²) in [5.41, 5.74) is -0.0126. The minimum Gasteiger partial charge on any atom is -0.444 e. The molecule has 3 rings (SSSR count). The number of thioether (sulfide) groups is 1. The summed E-state index contributed by atoms with van der Waals surface area (Å²) in [7, 11) is 0. The molecular formula is C15H21N3O2S. The van der Waals surface area contributed by atoms with E-state index in [1.807, 2.05) is 6.20 Å². The number of hydrogen-bond acceptors (Lipinski definition) is 6. The number of hydrogen-bond donors (Lipinski definition) is 0. The summed E-state index contributed by atoms with van der Waals surface area (Å²) in [6.45, 7) is 8.44. The third kappa shape index (κ3) is 3.48. The van der Waals surface area contributed by atoms with Crippen molar-refractivity contribution in [1.29, 1.82) is 0 Å². The molecule has 0 saturated heterocycles. The normalized spacial score (nSPS) is 17.1. The Kier molecular flexibility index (Phi) is 3.82. The van der Waals surface area contributed by atoms with E-state index in [4.69, 9.17) is 8.94 Å². The van der Waals surface area contributed by atoms with Crippen molar-refractivity contribution in [3.05, 3.63) is 29.6 Å². The zero-order chi connectivity index (χ0) is 15.0. The minimum atomic E-state index is -0.0126. The SMILES string of the molecule is CC(SCc1nc(C2CC2)no1)c1ncc(C(C)(C)C)o1. The highest BCUT2D eigenvalue weighted by atomic mass is 32.2. The highest BCUT2D eigenvalue weighted by Gasteiger charge is 2.29. The molecule has 1 unspecified atom stereocenters. The molecule has 2 aromatic rings. The highest BCUT2D eigenvalue weighted by Crippen LogP contribution is 2.39. The van der Waals surface area contributed by atoms with Gasteiger partial charge in [0.1, 0.15) is 5.76 Å². The molecule has 0 radical (unpaired) electrons. The summed E-state index contributed by atoms with van der Waals surface area (Å²) in [6.07, 6.45) is 4.20. The van der Waals surface area contributed by atoms with Gasteiger partial charge in [-0.2, -0.15) is 4.98 Å². The quantitative estimate of drug-likeness (QED) is 0.823. The molecule has 0 amide bonds. The summed E-state index contributed by atoms with van der Waals surface area (Å²) in [5, 5.41) is 4.19. The Bertz CT molecular complexity index is 610. The maximum absolute atomic E-state index is 5.85. The fourth-order valence-corrected chi connectivity index (χ4v) is 2.69. The van der Waals surface area contributed by atoms with Crippen molar-refractivity contribution in [3.63, 3.8) is 0 Å². The largest absolute Gasteiger partial charge is 0.444 e. The molecule has 2 aromatic heterocycles. The van der Waals surface area contributed by atoms with Crippen molar-refractivity contribution in [2.24, 2.45) is 0 Å². The van der Waals surface area contributed by atoms with E-state index in [-0.39, 0.29) is 10.7 Å². The van der Waals surface area contributed by atoms with Crippen molar-refractivity contribution in [3.8, 4) is 0 Å². The van der Waals surface area contributed by atoms with E-state index in [0.717, 1.165) is 17.5 Å². The predicted molar refractivity (Wildman–Crippen MR) is 81.2 cm³/mol. The standard InChI is InChI=1S/C15H21N3O2S/c1-9(14-16-7-11(19-14)15(2,3)4)21-8-12-17-13(18-20-12)10-5-6-10/h7,9-10H,5-6,8H2,1-4H3. The molecule has 114 valence electrons. The Morgan fingerprint density at radius 1 is 1.38 bits per heavy atom. The van der Waals surface area contributed by atoms with E-state index in [1.165, 1.54) is 12.8 Å². The molecule has 1 aliphatic rings. The second-order valence-corrected chi connectivity index (χ2v) is 7.92. The lowest BCUT2D eigenvalue weighted by Gasteiger charge is -2.13. The molecule has 0 bridgehead atoms. The molecule has 1 aliphatic carbocycles. The van der Waals surface area contributed by atoms with Crippen LogP contribution in [0.15, 0.2) is 15.1 Å². The van der Waals surface area contributed by atoms with Crippen LogP contribution in [0.3, 0.4) is 0 Å². The zero-order valence-electron chi connectivity index (χ0n) is 12.9. The van der Waals surface area contributed by atoms with Crippen LogP contribution in [0.4, 0.5) is 0 Å². The average molecular weight is 307 g/mol. The number of oxazole rings is 1. The first kappa shape index (κ1) is 14.6. The fraction of sp³-hybridized carbons (Fsp3) is 0.667. The van der Waals surface area contributed by atoms with Crippen LogP contribution in [-0.4, -0.2) is 15.1 Å². The lowest BCUT2D eigenvalue weighted by molar-refractivity contribution is 0.381. The Morgan fingerprint density at radius 2 is 2.14 bits per heavy atom. The van der Waals surface area contributed by atoms with Gasteiger partial charge in [-0.15, -0.1) is 11.8 Å². The van der Waals surface area contributed by atoms with Crippen LogP contribution in [0, 0.1) is 0 Å². The van der Waals surface area contributed by atoms with E-state index in [0.29, 0.717) is 17.6 Å². The van der Waals surface area contributed by atoms with Gasteiger partial charge in [0.2, 0.25) is 11.8 Å². The summed E-state index contributed by atoms with van der Waals surface area (Å²) >= 11 is 1.70. The average Bonchev–Trinajstić information content (AvgIpc) is 2.97. The summed E-state index contributed by atoms with van der Waals surface area (Å²) < 4.78 is 11.1. The van der Waals surface area contributed by atoms with Gasteiger partial charge in [-0.3, -0.25) is 0 Å². The first-order valence-electron chi connectivity index (χ1n) is 7.34. The lowest BCUT2D eigenvalue weighted by atomic mass is 9.94. The molecule has 5 nitrogen and oxygen atoms in total. The Hall–Kier alpha value is -1.30. The molecule has 1 fully saturated rings. The lowest BCUT2D eigenvalue weighted by Crippen LogP contribution is -2.09. The topological polar surface area (TPSA) is 65.0 Å². The van der Waals surface area contributed by atoms with Crippen LogP contribution in [0.2, 0.25) is 0 Å². The highest BCUT2D eigenvalue weighted by molar-refractivity contribution is 7.98. The van der Waals surface area contributed by atoms with E-state index >= 15 is 0 Å². The van der Waals surface area contributed by atoms with Crippen LogP contribution in [-0.2, 0) is 11.2 Å². The van der Waals surface area contributed by atoms with Crippen molar-refractivity contribution in [2.45, 2.75) is 62.9 Å². The van der Waals surface area contributed by atoms with E-state index in [1.54, 1.807) is 11.8 Å². The molecule has 2 heterocycles. The Morgan fingerprint density at radius 3 is 2.76 bits per heavy atom. The van der Waals surface area contributed by atoms with Gasteiger partial charge in [0.25, 0.3) is 0 Å². The van der Waals surface area contributed by atoms with Crippen molar-refractivity contribution in [1.82, 2.24) is 15.1 Å². The number of aromatic nitrogens is 3. The zero-order valence-corrected chi connectivity index (χ0v) is 13.7. The smallest absolute Gasteiger partial charge is 0.236 e. The fourth-order valence-electron chi connectivity index (χ4n) is 1.92. The van der Waals surface area contributed by atoms with Crippen molar-refractivity contribution in [2.75, 3.05) is 0 Å². The van der Waals surface area contributed by atoms with Crippen molar-refractivity contribution >= 4 is 11.8 Å². The second-order valence-electron chi connectivity index (χ2n) is 6.59. The monoisotopic (exact) mass is 307 g/mol. The second kappa shape index (κ2) is 5.48.